The second-order valence-corrected chi connectivity index (χ2v) is 4.70. The molecular weight excluding hydrogens is 237 g/mol. The molecular formula is C15H23F3. The monoisotopic (exact) mass is 260 g/mol. The van der Waals surface area contributed by atoms with Gasteiger partial charge in [-0.1, -0.05) is 47.6 Å². The van der Waals surface area contributed by atoms with Crippen LogP contribution in [0.5, 0.6) is 0 Å². The van der Waals surface area contributed by atoms with E-state index in [1.165, 1.54) is 12.1 Å². The van der Waals surface area contributed by atoms with Crippen molar-refractivity contribution in [3.63, 3.8) is 0 Å². The Labute approximate surface area is 108 Å². The highest BCUT2D eigenvalue weighted by molar-refractivity contribution is 5.35. The van der Waals surface area contributed by atoms with Gasteiger partial charge in [0.2, 0.25) is 0 Å². The van der Waals surface area contributed by atoms with Crippen LogP contribution in [0.25, 0.3) is 0 Å². The van der Waals surface area contributed by atoms with Crippen molar-refractivity contribution < 1.29 is 13.2 Å². The maximum Gasteiger partial charge on any atom is 0.416 e. The number of alkyl halides is 3. The van der Waals surface area contributed by atoms with Gasteiger partial charge in [-0.15, -0.1) is 0 Å². The van der Waals surface area contributed by atoms with Gasteiger partial charge in [0.25, 0.3) is 0 Å². The molecule has 0 spiro atoms. The minimum absolute atomic E-state index is 0.111. The zero-order valence-corrected chi connectivity index (χ0v) is 12.0. The molecule has 1 rings (SSSR count). The second-order valence-electron chi connectivity index (χ2n) is 4.70. The van der Waals surface area contributed by atoms with E-state index in [2.05, 4.69) is 0 Å². The summed E-state index contributed by atoms with van der Waals surface area (Å²) >= 11 is 0. The predicted molar refractivity (Wildman–Crippen MR) is 71.0 cm³/mol. The van der Waals surface area contributed by atoms with Crippen molar-refractivity contribution in [3.8, 4) is 0 Å². The molecule has 0 aliphatic heterocycles. The third-order valence-electron chi connectivity index (χ3n) is 2.64. The van der Waals surface area contributed by atoms with E-state index >= 15 is 0 Å². The Bertz CT molecular complexity index is 336. The van der Waals surface area contributed by atoms with Crippen LogP contribution >= 0.6 is 0 Å². The largest absolute Gasteiger partial charge is 0.416 e. The van der Waals surface area contributed by atoms with Gasteiger partial charge in [0, 0.05) is 0 Å². The van der Waals surface area contributed by atoms with Crippen molar-refractivity contribution in [2.24, 2.45) is 0 Å². The third kappa shape index (κ3) is 4.71. The molecule has 0 saturated carbocycles. The van der Waals surface area contributed by atoms with Gasteiger partial charge in [-0.2, -0.15) is 13.2 Å². The SMILES string of the molecule is CC.CC(C)c1cc(C(C)C)cc(C(F)(F)F)c1. The van der Waals surface area contributed by atoms with Crippen molar-refractivity contribution >= 4 is 0 Å². The molecule has 0 unspecified atom stereocenters. The molecule has 0 aliphatic carbocycles. The first-order valence-electron chi connectivity index (χ1n) is 6.44. The first-order valence-corrected chi connectivity index (χ1v) is 6.44. The lowest BCUT2D eigenvalue weighted by Gasteiger charge is -2.15. The molecule has 0 saturated heterocycles. The Morgan fingerprint density at radius 3 is 1.33 bits per heavy atom. The fourth-order valence-corrected chi connectivity index (χ4v) is 1.51. The zero-order chi connectivity index (χ0) is 14.5. The van der Waals surface area contributed by atoms with E-state index < -0.39 is 11.7 Å². The fraction of sp³-hybridized carbons (Fsp3) is 0.600. The van der Waals surface area contributed by atoms with Crippen LogP contribution < -0.4 is 0 Å². The summed E-state index contributed by atoms with van der Waals surface area (Å²) in [6.07, 6.45) is -4.26. The van der Waals surface area contributed by atoms with Crippen LogP contribution in [0.3, 0.4) is 0 Å². The average Bonchev–Trinajstić information content (AvgIpc) is 2.29. The topological polar surface area (TPSA) is 0 Å². The zero-order valence-electron chi connectivity index (χ0n) is 12.0. The Morgan fingerprint density at radius 1 is 0.778 bits per heavy atom. The van der Waals surface area contributed by atoms with E-state index in [1.807, 2.05) is 47.6 Å². The minimum Gasteiger partial charge on any atom is -0.166 e. The molecule has 0 aromatic heterocycles. The number of halogens is 3. The minimum atomic E-state index is -4.26. The summed E-state index contributed by atoms with van der Waals surface area (Å²) in [5.74, 6) is 0.222. The molecule has 0 radical (unpaired) electrons. The van der Waals surface area contributed by atoms with Crippen molar-refractivity contribution in [2.45, 2.75) is 59.6 Å². The van der Waals surface area contributed by atoms with Gasteiger partial charge in [-0.05, 0) is 35.1 Å². The predicted octanol–water partition coefficient (Wildman–Crippen LogP) is 5.98. The summed E-state index contributed by atoms with van der Waals surface area (Å²) in [7, 11) is 0. The summed E-state index contributed by atoms with van der Waals surface area (Å²) in [4.78, 5) is 0. The van der Waals surface area contributed by atoms with E-state index in [4.69, 9.17) is 0 Å². The molecule has 0 fully saturated rings. The van der Waals surface area contributed by atoms with Crippen molar-refractivity contribution in [1.82, 2.24) is 0 Å². The van der Waals surface area contributed by atoms with E-state index in [0.717, 1.165) is 11.1 Å². The summed E-state index contributed by atoms with van der Waals surface area (Å²) in [5.41, 5.74) is 0.958. The van der Waals surface area contributed by atoms with Gasteiger partial charge in [-0.25, -0.2) is 0 Å². The first-order chi connectivity index (χ1) is 8.21. The second kappa shape index (κ2) is 6.81. The van der Waals surface area contributed by atoms with Gasteiger partial charge in [0.15, 0.2) is 0 Å². The molecule has 104 valence electrons. The van der Waals surface area contributed by atoms with Crippen LogP contribution in [0.2, 0.25) is 0 Å². The van der Waals surface area contributed by atoms with E-state index in [9.17, 15) is 13.2 Å². The molecule has 18 heavy (non-hydrogen) atoms. The lowest BCUT2D eigenvalue weighted by Crippen LogP contribution is -2.07. The molecule has 0 N–H and O–H groups in total. The molecule has 0 aliphatic rings. The average molecular weight is 260 g/mol. The van der Waals surface area contributed by atoms with Crippen LogP contribution in [-0.4, -0.2) is 0 Å². The Kier molecular flexibility index (Phi) is 6.44. The summed E-state index contributed by atoms with van der Waals surface area (Å²) in [5, 5.41) is 0. The molecule has 0 nitrogen and oxygen atoms in total. The first kappa shape index (κ1) is 17.0. The molecule has 1 aromatic rings. The van der Waals surface area contributed by atoms with E-state index in [-0.39, 0.29) is 11.8 Å². The molecule has 0 heterocycles. The van der Waals surface area contributed by atoms with Gasteiger partial charge in [0.05, 0.1) is 5.56 Å². The lowest BCUT2D eigenvalue weighted by molar-refractivity contribution is -0.137. The highest BCUT2D eigenvalue weighted by Crippen LogP contribution is 2.33. The standard InChI is InChI=1S/C13H17F3.C2H6/c1-8(2)10-5-11(9(3)4)7-12(6-10)13(14,15)16;1-2/h5-9H,1-4H3;1-2H3. The number of benzene rings is 1. The number of rotatable bonds is 2. The Morgan fingerprint density at radius 2 is 1.11 bits per heavy atom. The van der Waals surface area contributed by atoms with Crippen molar-refractivity contribution in [2.75, 3.05) is 0 Å². The Hall–Kier alpha value is -0.990. The van der Waals surface area contributed by atoms with Crippen LogP contribution in [0, 0.1) is 0 Å². The van der Waals surface area contributed by atoms with Crippen LogP contribution in [0.4, 0.5) is 13.2 Å². The van der Waals surface area contributed by atoms with Gasteiger partial charge in [-0.3, -0.25) is 0 Å². The van der Waals surface area contributed by atoms with Gasteiger partial charge >= 0.3 is 6.18 Å². The summed E-state index contributed by atoms with van der Waals surface area (Å²) in [6.45, 7) is 11.6. The molecule has 0 amide bonds. The summed E-state index contributed by atoms with van der Waals surface area (Å²) < 4.78 is 38.0. The van der Waals surface area contributed by atoms with Gasteiger partial charge in [0.1, 0.15) is 0 Å². The molecule has 0 bridgehead atoms. The fourth-order valence-electron chi connectivity index (χ4n) is 1.51. The van der Waals surface area contributed by atoms with Gasteiger partial charge < -0.3 is 0 Å². The lowest BCUT2D eigenvalue weighted by atomic mass is 9.93. The normalized spacial score (nSPS) is 11.5. The highest BCUT2D eigenvalue weighted by Gasteiger charge is 2.31. The Balaban J connectivity index is 0.00000137. The number of hydrogen-bond donors (Lipinski definition) is 0. The summed E-state index contributed by atoms with van der Waals surface area (Å²) in [6, 6.07) is 4.36. The third-order valence-corrected chi connectivity index (χ3v) is 2.64. The van der Waals surface area contributed by atoms with E-state index in [0.29, 0.717) is 0 Å². The molecule has 0 atom stereocenters. The maximum atomic E-state index is 12.7. The number of hydrogen-bond acceptors (Lipinski definition) is 0. The maximum absolute atomic E-state index is 12.7. The molecule has 3 heteroatoms. The highest BCUT2D eigenvalue weighted by atomic mass is 19.4. The van der Waals surface area contributed by atoms with Crippen molar-refractivity contribution in [3.05, 3.63) is 34.9 Å². The smallest absolute Gasteiger partial charge is 0.166 e. The van der Waals surface area contributed by atoms with Crippen LogP contribution in [-0.2, 0) is 6.18 Å². The van der Waals surface area contributed by atoms with E-state index in [1.54, 1.807) is 0 Å². The molecule has 1 aromatic carbocycles. The quantitative estimate of drug-likeness (QED) is 0.613. The van der Waals surface area contributed by atoms with Crippen LogP contribution in [0.1, 0.15) is 70.1 Å². The van der Waals surface area contributed by atoms with Crippen LogP contribution in [0.15, 0.2) is 18.2 Å². The van der Waals surface area contributed by atoms with Crippen molar-refractivity contribution in [1.29, 1.82) is 0 Å².